The van der Waals surface area contributed by atoms with Crippen LogP contribution in [0.2, 0.25) is 5.02 Å². The number of nitrogens with zero attached hydrogens (tertiary/aromatic N) is 3. The average molecular weight is 688 g/mol. The second-order valence-electron chi connectivity index (χ2n) is 9.55. The van der Waals surface area contributed by atoms with E-state index in [9.17, 15) is 25.9 Å². The number of hydrogen-bond donors (Lipinski definition) is 0. The summed E-state index contributed by atoms with van der Waals surface area (Å²) in [5.74, 6) is 1.04. The van der Waals surface area contributed by atoms with Crippen LogP contribution in [0, 0.1) is 0 Å². The molecule has 4 rings (SSSR count). The van der Waals surface area contributed by atoms with Crippen molar-refractivity contribution in [3.8, 4) is 5.75 Å². The quantitative estimate of drug-likeness (QED) is 0.161. The van der Waals surface area contributed by atoms with Crippen molar-refractivity contribution in [2.45, 2.75) is 45.0 Å². The van der Waals surface area contributed by atoms with Crippen LogP contribution in [-0.4, -0.2) is 70.1 Å². The molecule has 41 heavy (non-hydrogen) atoms. The Morgan fingerprint density at radius 3 is 2.54 bits per heavy atom. The van der Waals surface area contributed by atoms with Crippen molar-refractivity contribution in [2.75, 3.05) is 24.3 Å². The maximum absolute atomic E-state index is 11.6. The first-order valence-corrected chi connectivity index (χ1v) is 18.1. The van der Waals surface area contributed by atoms with E-state index in [1.54, 1.807) is 13.2 Å². The van der Waals surface area contributed by atoms with E-state index in [-0.39, 0.29) is 27.8 Å². The monoisotopic (exact) mass is 688 g/mol. The molecule has 0 bridgehead atoms. The van der Waals surface area contributed by atoms with Crippen molar-refractivity contribution in [2.24, 2.45) is 0 Å². The van der Waals surface area contributed by atoms with Gasteiger partial charge in [0.15, 0.2) is 0 Å². The van der Waals surface area contributed by atoms with E-state index in [1.807, 2.05) is 65.0 Å². The number of hydrogen-bond acceptors (Lipinski definition) is 8. The number of fused-ring (bicyclic) bond motifs is 2. The molecule has 1 aliphatic heterocycles. The van der Waals surface area contributed by atoms with Gasteiger partial charge in [-0.2, -0.15) is 0 Å². The Labute approximate surface area is 251 Å². The van der Waals surface area contributed by atoms with Crippen LogP contribution in [0.3, 0.4) is 0 Å². The fourth-order valence-corrected chi connectivity index (χ4v) is 8.03. The molecule has 3 aromatic rings. The van der Waals surface area contributed by atoms with Crippen molar-refractivity contribution in [1.29, 1.82) is 0 Å². The summed E-state index contributed by atoms with van der Waals surface area (Å²) in [6.45, 7) is 4.72. The van der Waals surface area contributed by atoms with Crippen molar-refractivity contribution in [3.63, 3.8) is 0 Å². The molecule has 0 fully saturated rings. The standard InChI is InChI=1S/C27H32ClN3O7S2Se/c1-4-29-22-11-9-20(28)17-23(22)30(15-13-19(2)40(35,36)37)26(29)7-5-8-27-31(14-6-16-39(32,33)34)24-18-21(38-3)10-12-25(24)41-27/h5,7-12,17-19H,4,6,13-16H2,1-3H3,(H-,32,33,34,35,36,37)/p-1. The van der Waals surface area contributed by atoms with Crippen molar-refractivity contribution in [1.82, 2.24) is 4.57 Å². The molecule has 1 aliphatic rings. The van der Waals surface area contributed by atoms with Crippen molar-refractivity contribution < 1.29 is 35.2 Å². The number of imidazole rings is 1. The Morgan fingerprint density at radius 2 is 1.88 bits per heavy atom. The summed E-state index contributed by atoms with van der Waals surface area (Å²) in [7, 11) is -7.17. The van der Waals surface area contributed by atoms with E-state index in [4.69, 9.17) is 16.3 Å². The van der Waals surface area contributed by atoms with Gasteiger partial charge in [0.25, 0.3) is 0 Å². The Balaban J connectivity index is 1.71. The molecule has 10 nitrogen and oxygen atoms in total. The molecule has 0 saturated carbocycles. The summed E-state index contributed by atoms with van der Waals surface area (Å²) in [5, 5.41) is -0.504. The van der Waals surface area contributed by atoms with Crippen molar-refractivity contribution >= 4 is 74.1 Å². The van der Waals surface area contributed by atoms with Crippen molar-refractivity contribution in [3.05, 3.63) is 64.0 Å². The van der Waals surface area contributed by atoms with Gasteiger partial charge in [-0.1, -0.05) is 0 Å². The second-order valence-corrected chi connectivity index (χ2v) is 15.5. The molecule has 0 amide bonds. The third-order valence-electron chi connectivity index (χ3n) is 6.84. The number of methoxy groups -OCH3 is 1. The summed E-state index contributed by atoms with van der Waals surface area (Å²) >= 11 is 6.24. The molecule has 0 N–H and O–H groups in total. The van der Waals surface area contributed by atoms with Crippen LogP contribution >= 0.6 is 11.6 Å². The van der Waals surface area contributed by atoms with Gasteiger partial charge in [0.1, 0.15) is 0 Å². The first-order valence-electron chi connectivity index (χ1n) is 12.9. The van der Waals surface area contributed by atoms with Gasteiger partial charge in [0, 0.05) is 0 Å². The molecule has 0 saturated heterocycles. The molecule has 0 radical (unpaired) electrons. The number of halogens is 1. The van der Waals surface area contributed by atoms with E-state index in [1.165, 1.54) is 6.92 Å². The average Bonchev–Trinajstić information content (AvgIpc) is 3.39. The summed E-state index contributed by atoms with van der Waals surface area (Å²) < 4.78 is 79.9. The number of aryl methyl sites for hydroxylation is 2. The van der Waals surface area contributed by atoms with E-state index in [2.05, 4.69) is 4.57 Å². The van der Waals surface area contributed by atoms with Crippen LogP contribution in [0.15, 0.2) is 53.1 Å². The topological polar surface area (TPSA) is 136 Å². The Hall–Kier alpha value is -2.38. The molecule has 2 aromatic carbocycles. The second kappa shape index (κ2) is 12.9. The van der Waals surface area contributed by atoms with Gasteiger partial charge in [-0.15, -0.1) is 0 Å². The molecule has 14 heteroatoms. The fourth-order valence-electron chi connectivity index (χ4n) is 4.71. The van der Waals surface area contributed by atoms with Crippen LogP contribution in [0.25, 0.3) is 17.1 Å². The predicted molar refractivity (Wildman–Crippen MR) is 159 cm³/mol. The van der Waals surface area contributed by atoms with Gasteiger partial charge in [0.2, 0.25) is 0 Å². The van der Waals surface area contributed by atoms with Crippen LogP contribution < -0.4 is 18.7 Å². The van der Waals surface area contributed by atoms with E-state index in [0.29, 0.717) is 30.4 Å². The van der Waals surface area contributed by atoms with Gasteiger partial charge in [-0.25, -0.2) is 0 Å². The predicted octanol–water partition coefficient (Wildman–Crippen LogP) is 2.57. The Bertz CT molecular complexity index is 1720. The van der Waals surface area contributed by atoms with Gasteiger partial charge >= 0.3 is 253 Å². The number of allylic oxidation sites excluding steroid dienone is 2. The summed E-state index contributed by atoms with van der Waals surface area (Å²) in [6, 6.07) is 11.3. The zero-order valence-electron chi connectivity index (χ0n) is 22.8. The number of anilines is 1. The van der Waals surface area contributed by atoms with Gasteiger partial charge < -0.3 is 0 Å². The zero-order chi connectivity index (χ0) is 29.9. The molecule has 0 aliphatic carbocycles. The molecule has 0 spiro atoms. The number of aromatic nitrogens is 2. The molecule has 1 atom stereocenters. The minimum absolute atomic E-state index is 0.0683. The molecule has 222 valence electrons. The first kappa shape index (κ1) is 31.6. The third-order valence-corrected chi connectivity index (χ3v) is 11.5. The first-order chi connectivity index (χ1) is 19.3. The summed E-state index contributed by atoms with van der Waals surface area (Å²) in [5.41, 5.74) is 2.67. The zero-order valence-corrected chi connectivity index (χ0v) is 26.9. The fraction of sp³-hybridized carbons (Fsp3) is 0.370. The maximum atomic E-state index is 11.6. The molecule has 2 heterocycles. The molecular weight excluding hydrogens is 657 g/mol. The molecule has 1 unspecified atom stereocenters. The van der Waals surface area contributed by atoms with Gasteiger partial charge in [0.05, 0.1) is 0 Å². The third kappa shape index (κ3) is 7.53. The Morgan fingerprint density at radius 1 is 1.12 bits per heavy atom. The van der Waals surface area contributed by atoms with Crippen LogP contribution in [0.1, 0.15) is 32.5 Å². The van der Waals surface area contributed by atoms with E-state index in [0.717, 1.165) is 31.6 Å². The Kier molecular flexibility index (Phi) is 9.90. The van der Waals surface area contributed by atoms with Gasteiger partial charge in [-0.3, -0.25) is 0 Å². The number of benzene rings is 2. The molecular formula is C27H31ClN3O7S2Se-. The SMILES string of the molecule is CC[n+]1c(C=CC=C2[Se]c3ccc(OC)cc3N2CCCS(=O)(=O)[O-])n(CCC(C)S(=O)(=O)[O-])c2cc(Cl)ccc21. The van der Waals surface area contributed by atoms with E-state index >= 15 is 0 Å². The van der Waals surface area contributed by atoms with Gasteiger partial charge in [-0.05, 0) is 0 Å². The summed E-state index contributed by atoms with van der Waals surface area (Å²) in [4.78, 5) is 2.03. The van der Waals surface area contributed by atoms with Crippen LogP contribution in [0.5, 0.6) is 5.75 Å². The van der Waals surface area contributed by atoms with E-state index < -0.39 is 31.2 Å². The van der Waals surface area contributed by atoms with Crippen LogP contribution in [-0.2, 0) is 33.3 Å². The normalized spacial score (nSPS) is 15.8. The number of ether oxygens (including phenoxy) is 1. The minimum atomic E-state index is -4.42. The van der Waals surface area contributed by atoms with Crippen LogP contribution in [0.4, 0.5) is 5.69 Å². The summed E-state index contributed by atoms with van der Waals surface area (Å²) in [6.07, 6.45) is 6.14. The molecule has 1 aromatic heterocycles. The number of rotatable bonds is 12.